The number of nitriles is 1. The van der Waals surface area contributed by atoms with Crippen molar-refractivity contribution in [3.05, 3.63) is 40.8 Å². The van der Waals surface area contributed by atoms with Crippen LogP contribution in [0, 0.1) is 40.8 Å². The molecule has 7 heteroatoms. The minimum atomic E-state index is -0.749. The largest absolute Gasteiger partial charge is 0.339 e. The zero-order valence-electron chi connectivity index (χ0n) is 17.1. The number of amides is 1. The summed E-state index contributed by atoms with van der Waals surface area (Å²) in [7, 11) is 0. The smallest absolute Gasteiger partial charge is 0.238 e. The van der Waals surface area contributed by atoms with Crippen LogP contribution in [0.3, 0.4) is 0 Å². The van der Waals surface area contributed by atoms with E-state index < -0.39 is 6.04 Å². The first-order valence-corrected chi connectivity index (χ1v) is 11.5. The molecule has 2 aromatic rings. The second-order valence-corrected chi connectivity index (χ2v) is 9.95. The average molecular weight is 425 g/mol. The summed E-state index contributed by atoms with van der Waals surface area (Å²) in [5.41, 5.74) is 1.22. The number of aryl methyl sites for hydroxylation is 1. The fourth-order valence-corrected chi connectivity index (χ4v) is 6.54. The summed E-state index contributed by atoms with van der Waals surface area (Å²) >= 11 is 1.56. The van der Waals surface area contributed by atoms with Crippen LogP contribution in [0.4, 0.5) is 4.39 Å². The second-order valence-electron chi connectivity index (χ2n) is 8.84. The maximum absolute atomic E-state index is 14.7. The topological polar surface area (TPSA) is 77.8 Å². The number of aromatic nitrogens is 1. The average Bonchev–Trinajstić information content (AvgIpc) is 3.18. The second kappa shape index (κ2) is 7.44. The summed E-state index contributed by atoms with van der Waals surface area (Å²) < 4.78 is 14.7. The normalized spacial score (nSPS) is 31.8. The molecule has 30 heavy (non-hydrogen) atoms. The molecule has 2 bridgehead atoms. The zero-order valence-corrected chi connectivity index (χ0v) is 17.9. The summed E-state index contributed by atoms with van der Waals surface area (Å²) in [4.78, 5) is 18.0. The van der Waals surface area contributed by atoms with Gasteiger partial charge in [0.25, 0.3) is 0 Å². The van der Waals surface area contributed by atoms with Crippen molar-refractivity contribution < 1.29 is 9.18 Å². The van der Waals surface area contributed by atoms with Gasteiger partial charge in [-0.1, -0.05) is 26.0 Å². The van der Waals surface area contributed by atoms with Crippen LogP contribution < -0.4 is 10.6 Å². The van der Waals surface area contributed by atoms with Gasteiger partial charge < -0.3 is 10.6 Å². The standard InChI is InChI=1S/C23H25FN4OS/c1-3-19-26-10-18(30-19)13-5-4-12(16(24)7-13)6-14(9-25)27-23(29)22-15-8-17(28-22)21-11(2)20(15)21/h4-5,7,10-11,14-15,17,20-22,28H,3,6,8H2,1-2H3,(H,27,29)/t11-,14-,15+,17-,20-,21+,22-/m0/s1. The van der Waals surface area contributed by atoms with Gasteiger partial charge in [-0.3, -0.25) is 4.79 Å². The van der Waals surface area contributed by atoms with Gasteiger partial charge in [0.2, 0.25) is 5.91 Å². The number of hydrogen-bond donors (Lipinski definition) is 2. The molecule has 2 N–H and O–H groups in total. The van der Waals surface area contributed by atoms with Gasteiger partial charge in [-0.15, -0.1) is 11.3 Å². The highest BCUT2D eigenvalue weighted by atomic mass is 32.1. The third-order valence-electron chi connectivity index (χ3n) is 7.20. The van der Waals surface area contributed by atoms with Gasteiger partial charge in [-0.25, -0.2) is 9.37 Å². The highest BCUT2D eigenvalue weighted by molar-refractivity contribution is 7.15. The van der Waals surface area contributed by atoms with E-state index in [1.165, 1.54) is 6.07 Å². The quantitative estimate of drug-likeness (QED) is 0.746. The van der Waals surface area contributed by atoms with E-state index in [4.69, 9.17) is 0 Å². The number of thiazole rings is 1. The van der Waals surface area contributed by atoms with Gasteiger partial charge in [0.15, 0.2) is 0 Å². The summed E-state index contributed by atoms with van der Waals surface area (Å²) in [6, 6.07) is 6.66. The predicted octanol–water partition coefficient (Wildman–Crippen LogP) is 3.30. The molecular formula is C23H25FN4OS. The fraction of sp³-hybridized carbons (Fsp3) is 0.522. The maximum atomic E-state index is 14.7. The van der Waals surface area contributed by atoms with Crippen LogP contribution in [0.2, 0.25) is 0 Å². The number of carbonyl (C=O) groups is 1. The highest BCUT2D eigenvalue weighted by Gasteiger charge is 2.67. The minimum absolute atomic E-state index is 0.125. The molecule has 2 heterocycles. The van der Waals surface area contributed by atoms with Crippen LogP contribution >= 0.6 is 11.3 Å². The number of piperidine rings is 1. The van der Waals surface area contributed by atoms with E-state index in [9.17, 15) is 14.4 Å². The number of carbonyl (C=O) groups excluding carboxylic acids is 1. The van der Waals surface area contributed by atoms with Gasteiger partial charge in [-0.05, 0) is 53.7 Å². The van der Waals surface area contributed by atoms with Crippen molar-refractivity contribution >= 4 is 17.2 Å². The van der Waals surface area contributed by atoms with Gasteiger partial charge in [0.05, 0.1) is 22.0 Å². The monoisotopic (exact) mass is 424 g/mol. The lowest BCUT2D eigenvalue weighted by Gasteiger charge is -2.23. The maximum Gasteiger partial charge on any atom is 0.238 e. The minimum Gasteiger partial charge on any atom is -0.339 e. The summed E-state index contributed by atoms with van der Waals surface area (Å²) in [5, 5.41) is 16.9. The van der Waals surface area contributed by atoms with Crippen LogP contribution in [0.15, 0.2) is 24.4 Å². The molecule has 2 aliphatic carbocycles. The molecule has 0 radical (unpaired) electrons. The number of fused-ring (bicyclic) bond motifs is 5. The van der Waals surface area contributed by atoms with Crippen molar-refractivity contribution in [2.45, 2.75) is 51.2 Å². The van der Waals surface area contributed by atoms with E-state index in [-0.39, 0.29) is 24.2 Å². The molecule has 0 unspecified atom stereocenters. The molecule has 5 rings (SSSR count). The summed E-state index contributed by atoms with van der Waals surface area (Å²) in [6.07, 6.45) is 3.83. The number of hydrogen-bond acceptors (Lipinski definition) is 5. The lowest BCUT2D eigenvalue weighted by Crippen LogP contribution is -2.51. The predicted molar refractivity (Wildman–Crippen MR) is 113 cm³/mol. The molecule has 1 aliphatic heterocycles. The van der Waals surface area contributed by atoms with Gasteiger partial charge in [0, 0.05) is 18.7 Å². The van der Waals surface area contributed by atoms with Crippen molar-refractivity contribution in [2.24, 2.45) is 23.7 Å². The van der Waals surface area contributed by atoms with Crippen molar-refractivity contribution in [3.63, 3.8) is 0 Å². The third kappa shape index (κ3) is 3.23. The summed E-state index contributed by atoms with van der Waals surface area (Å²) in [6.45, 7) is 4.30. The Hall–Kier alpha value is -2.30. The molecule has 3 aliphatic rings. The first-order chi connectivity index (χ1) is 14.5. The Morgan fingerprint density at radius 2 is 2.30 bits per heavy atom. The number of rotatable bonds is 6. The van der Waals surface area contributed by atoms with Crippen molar-refractivity contribution in [3.8, 4) is 16.5 Å². The number of nitrogens with zero attached hydrogens (tertiary/aromatic N) is 2. The Balaban J connectivity index is 1.24. The molecule has 1 aromatic carbocycles. The van der Waals surface area contributed by atoms with E-state index in [0.717, 1.165) is 34.2 Å². The molecule has 1 saturated heterocycles. The van der Waals surface area contributed by atoms with Crippen LogP contribution in [-0.2, 0) is 17.6 Å². The Kier molecular flexibility index (Phi) is 4.87. The lowest BCUT2D eigenvalue weighted by molar-refractivity contribution is -0.124. The zero-order chi connectivity index (χ0) is 21.0. The van der Waals surface area contributed by atoms with Crippen LogP contribution in [0.5, 0.6) is 0 Å². The molecular weight excluding hydrogens is 399 g/mol. The van der Waals surface area contributed by atoms with Crippen molar-refractivity contribution in [2.75, 3.05) is 0 Å². The first-order valence-electron chi connectivity index (χ1n) is 10.7. The number of halogens is 1. The molecule has 156 valence electrons. The SMILES string of the molecule is CCc1ncc(-c2ccc(C[C@@H](C#N)NC(=O)[C@H]3N[C@H]4C[C@@H]3[C@@H]3[C@H](C)[C@@H]34)c(F)c2)s1. The summed E-state index contributed by atoms with van der Waals surface area (Å²) in [5.74, 6) is 1.97. The molecule has 2 saturated carbocycles. The molecule has 1 aromatic heterocycles. The highest BCUT2D eigenvalue weighted by Crippen LogP contribution is 2.64. The molecule has 1 amide bonds. The number of benzene rings is 1. The van der Waals surface area contributed by atoms with Crippen molar-refractivity contribution in [1.82, 2.24) is 15.6 Å². The number of nitrogens with one attached hydrogen (secondary N) is 2. The Morgan fingerprint density at radius 3 is 2.97 bits per heavy atom. The van der Waals surface area contributed by atoms with Crippen LogP contribution in [0.25, 0.3) is 10.4 Å². The molecule has 5 nitrogen and oxygen atoms in total. The van der Waals surface area contributed by atoms with Crippen LogP contribution in [0.1, 0.15) is 30.8 Å². The van der Waals surface area contributed by atoms with E-state index >= 15 is 0 Å². The first kappa shape index (κ1) is 19.7. The Bertz CT molecular complexity index is 1030. The molecule has 0 spiro atoms. The van der Waals surface area contributed by atoms with Gasteiger partial charge >= 0.3 is 0 Å². The molecule has 3 fully saturated rings. The van der Waals surface area contributed by atoms with Gasteiger partial charge in [0.1, 0.15) is 11.9 Å². The van der Waals surface area contributed by atoms with Gasteiger partial charge in [-0.2, -0.15) is 5.26 Å². The third-order valence-corrected chi connectivity index (χ3v) is 8.39. The van der Waals surface area contributed by atoms with E-state index in [1.807, 2.05) is 13.0 Å². The van der Waals surface area contributed by atoms with Crippen LogP contribution in [-0.4, -0.2) is 29.0 Å². The Morgan fingerprint density at radius 1 is 1.47 bits per heavy atom. The van der Waals surface area contributed by atoms with E-state index in [2.05, 4.69) is 28.6 Å². The Labute approximate surface area is 179 Å². The van der Waals surface area contributed by atoms with E-state index in [1.54, 1.807) is 23.6 Å². The molecule has 7 atom stereocenters. The van der Waals surface area contributed by atoms with Crippen molar-refractivity contribution in [1.29, 1.82) is 5.26 Å². The lowest BCUT2D eigenvalue weighted by atomic mass is 9.94. The fourth-order valence-electron chi connectivity index (χ4n) is 5.69. The van der Waals surface area contributed by atoms with E-state index in [0.29, 0.717) is 29.4 Å².